The second-order valence-electron chi connectivity index (χ2n) is 3.74. The molecule has 0 unspecified atom stereocenters. The molecule has 1 radical (unpaired) electrons. The van der Waals surface area contributed by atoms with Crippen molar-refractivity contribution in [2.24, 2.45) is 5.92 Å². The second kappa shape index (κ2) is 2.23. The molecule has 0 saturated heterocycles. The zero-order valence-corrected chi connectivity index (χ0v) is 6.34. The third-order valence-corrected chi connectivity index (χ3v) is 2.90. The minimum atomic E-state index is -0.241. The summed E-state index contributed by atoms with van der Waals surface area (Å²) in [5.41, 5.74) is -0.241. The van der Waals surface area contributed by atoms with Crippen LogP contribution in [0.15, 0.2) is 0 Å². The van der Waals surface area contributed by atoms with E-state index in [0.717, 1.165) is 25.7 Å². The third-order valence-electron chi connectivity index (χ3n) is 2.90. The van der Waals surface area contributed by atoms with Crippen molar-refractivity contribution in [2.75, 3.05) is 0 Å². The van der Waals surface area contributed by atoms with E-state index in [0.29, 0.717) is 5.92 Å². The molecule has 0 amide bonds. The summed E-state index contributed by atoms with van der Waals surface area (Å²) < 4.78 is 0. The van der Waals surface area contributed by atoms with Gasteiger partial charge in [0, 0.05) is 0 Å². The van der Waals surface area contributed by atoms with Crippen molar-refractivity contribution < 1.29 is 5.11 Å². The van der Waals surface area contributed by atoms with Gasteiger partial charge in [-0.15, -0.1) is 0 Å². The van der Waals surface area contributed by atoms with Crippen LogP contribution in [-0.4, -0.2) is 10.7 Å². The fourth-order valence-corrected chi connectivity index (χ4v) is 2.00. The SMILES string of the molecule is OC1(C2CC2)CC[CH]CC1. The molecule has 2 saturated carbocycles. The zero-order valence-electron chi connectivity index (χ0n) is 6.34. The van der Waals surface area contributed by atoms with Crippen LogP contribution in [0.25, 0.3) is 0 Å². The lowest BCUT2D eigenvalue weighted by Crippen LogP contribution is -2.33. The first-order valence-corrected chi connectivity index (χ1v) is 4.35. The highest BCUT2D eigenvalue weighted by Crippen LogP contribution is 2.46. The molecule has 0 spiro atoms. The zero-order chi connectivity index (χ0) is 7.03. The fraction of sp³-hybridized carbons (Fsp3) is 0.889. The van der Waals surface area contributed by atoms with Crippen LogP contribution in [0, 0.1) is 12.3 Å². The van der Waals surface area contributed by atoms with E-state index in [-0.39, 0.29) is 5.60 Å². The van der Waals surface area contributed by atoms with E-state index in [1.807, 2.05) is 0 Å². The molecule has 0 bridgehead atoms. The summed E-state index contributed by atoms with van der Waals surface area (Å²) in [5, 5.41) is 9.99. The monoisotopic (exact) mass is 139 g/mol. The van der Waals surface area contributed by atoms with Gasteiger partial charge in [-0.1, -0.05) is 0 Å². The maximum atomic E-state index is 9.99. The molecule has 2 aliphatic carbocycles. The predicted molar refractivity (Wildman–Crippen MR) is 40.4 cm³/mol. The molecule has 2 fully saturated rings. The van der Waals surface area contributed by atoms with E-state index in [4.69, 9.17) is 0 Å². The molecule has 0 aromatic heterocycles. The average Bonchev–Trinajstić information content (AvgIpc) is 2.69. The maximum Gasteiger partial charge on any atom is 0.0676 e. The highest BCUT2D eigenvalue weighted by molar-refractivity contribution is 4.98. The van der Waals surface area contributed by atoms with Crippen LogP contribution in [0.1, 0.15) is 38.5 Å². The van der Waals surface area contributed by atoms with Gasteiger partial charge < -0.3 is 5.11 Å². The van der Waals surface area contributed by atoms with E-state index in [2.05, 4.69) is 6.42 Å². The van der Waals surface area contributed by atoms with E-state index in [1.54, 1.807) is 0 Å². The van der Waals surface area contributed by atoms with E-state index in [9.17, 15) is 5.11 Å². The average molecular weight is 139 g/mol. The molecule has 57 valence electrons. The molecule has 0 aromatic rings. The molecule has 2 rings (SSSR count). The Kier molecular flexibility index (Phi) is 1.48. The summed E-state index contributed by atoms with van der Waals surface area (Å²) in [6.45, 7) is 0. The van der Waals surface area contributed by atoms with E-state index >= 15 is 0 Å². The molecule has 0 atom stereocenters. The van der Waals surface area contributed by atoms with Crippen LogP contribution >= 0.6 is 0 Å². The minimum absolute atomic E-state index is 0.241. The van der Waals surface area contributed by atoms with E-state index in [1.165, 1.54) is 12.8 Å². The number of hydrogen-bond donors (Lipinski definition) is 1. The quantitative estimate of drug-likeness (QED) is 0.588. The van der Waals surface area contributed by atoms with Crippen molar-refractivity contribution in [2.45, 2.75) is 44.1 Å². The number of hydrogen-bond acceptors (Lipinski definition) is 1. The van der Waals surface area contributed by atoms with Crippen molar-refractivity contribution in [1.82, 2.24) is 0 Å². The molecule has 0 aromatic carbocycles. The van der Waals surface area contributed by atoms with Crippen molar-refractivity contribution in [3.8, 4) is 0 Å². The van der Waals surface area contributed by atoms with Gasteiger partial charge in [0.1, 0.15) is 0 Å². The molecule has 1 N–H and O–H groups in total. The Morgan fingerprint density at radius 1 is 1.20 bits per heavy atom. The molecule has 0 aliphatic heterocycles. The molecule has 1 heteroatoms. The standard InChI is InChI=1S/C9H15O/c10-9(8-4-5-8)6-2-1-3-7-9/h1,8,10H,2-7H2. The Morgan fingerprint density at radius 2 is 1.80 bits per heavy atom. The van der Waals surface area contributed by atoms with Gasteiger partial charge in [-0.3, -0.25) is 0 Å². The molecular weight excluding hydrogens is 124 g/mol. The number of aliphatic hydroxyl groups is 1. The van der Waals surface area contributed by atoms with Crippen molar-refractivity contribution in [3.63, 3.8) is 0 Å². The second-order valence-corrected chi connectivity index (χ2v) is 3.74. The van der Waals surface area contributed by atoms with Crippen LogP contribution in [0.3, 0.4) is 0 Å². The van der Waals surface area contributed by atoms with Crippen molar-refractivity contribution in [1.29, 1.82) is 0 Å². The highest BCUT2D eigenvalue weighted by Gasteiger charge is 2.43. The molecular formula is C9H15O. The highest BCUT2D eigenvalue weighted by atomic mass is 16.3. The summed E-state index contributed by atoms with van der Waals surface area (Å²) >= 11 is 0. The Hall–Kier alpha value is -0.0400. The molecule has 10 heavy (non-hydrogen) atoms. The summed E-state index contributed by atoms with van der Waals surface area (Å²) in [6, 6.07) is 0. The first-order chi connectivity index (χ1) is 4.81. The lowest BCUT2D eigenvalue weighted by atomic mass is 9.81. The van der Waals surface area contributed by atoms with Crippen molar-refractivity contribution in [3.05, 3.63) is 6.42 Å². The first kappa shape index (κ1) is 6.66. The largest absolute Gasteiger partial charge is 0.390 e. The first-order valence-electron chi connectivity index (χ1n) is 4.35. The molecule has 1 nitrogen and oxygen atoms in total. The summed E-state index contributed by atoms with van der Waals surface area (Å²) in [4.78, 5) is 0. The lowest BCUT2D eigenvalue weighted by molar-refractivity contribution is -0.00850. The van der Waals surface area contributed by atoms with Gasteiger partial charge in [0.2, 0.25) is 0 Å². The Bertz CT molecular complexity index is 121. The molecule has 0 heterocycles. The summed E-state index contributed by atoms with van der Waals surface area (Å²) in [5.74, 6) is 0.668. The lowest BCUT2D eigenvalue weighted by Gasteiger charge is -2.31. The Morgan fingerprint density at radius 3 is 2.30 bits per heavy atom. The fourth-order valence-electron chi connectivity index (χ4n) is 2.00. The van der Waals surface area contributed by atoms with Gasteiger partial charge in [0.05, 0.1) is 5.60 Å². The van der Waals surface area contributed by atoms with Gasteiger partial charge in [-0.05, 0) is 50.9 Å². The van der Waals surface area contributed by atoms with Gasteiger partial charge >= 0.3 is 0 Å². The molecule has 2 aliphatic rings. The van der Waals surface area contributed by atoms with Gasteiger partial charge in [0.15, 0.2) is 0 Å². The van der Waals surface area contributed by atoms with Crippen LogP contribution in [0.5, 0.6) is 0 Å². The number of rotatable bonds is 1. The summed E-state index contributed by atoms with van der Waals surface area (Å²) in [7, 11) is 0. The van der Waals surface area contributed by atoms with E-state index < -0.39 is 0 Å². The Balaban J connectivity index is 1.97. The Labute approximate surface area is 62.4 Å². The normalized spacial score (nSPS) is 32.1. The van der Waals surface area contributed by atoms with Gasteiger partial charge in [0.25, 0.3) is 0 Å². The third kappa shape index (κ3) is 1.07. The maximum absolute atomic E-state index is 9.99. The van der Waals surface area contributed by atoms with Crippen LogP contribution in [0.2, 0.25) is 0 Å². The minimum Gasteiger partial charge on any atom is -0.390 e. The summed E-state index contributed by atoms with van der Waals surface area (Å²) in [6.07, 6.45) is 9.17. The van der Waals surface area contributed by atoms with Crippen LogP contribution < -0.4 is 0 Å². The van der Waals surface area contributed by atoms with Gasteiger partial charge in [-0.2, -0.15) is 0 Å². The predicted octanol–water partition coefficient (Wildman–Crippen LogP) is 1.91. The van der Waals surface area contributed by atoms with Crippen LogP contribution in [0.4, 0.5) is 0 Å². The van der Waals surface area contributed by atoms with Gasteiger partial charge in [-0.25, -0.2) is 0 Å². The van der Waals surface area contributed by atoms with Crippen molar-refractivity contribution >= 4 is 0 Å². The van der Waals surface area contributed by atoms with Crippen LogP contribution in [-0.2, 0) is 0 Å². The smallest absolute Gasteiger partial charge is 0.0676 e. The topological polar surface area (TPSA) is 20.2 Å².